The van der Waals surface area contributed by atoms with Crippen molar-refractivity contribution in [2.45, 2.75) is 18.0 Å². The fraction of sp³-hybridized carbons (Fsp3) is 0.400. The SMILES string of the molecule is Cc1cc(N)ccc1SCOCC(F)(F)F. The van der Waals surface area contributed by atoms with Gasteiger partial charge in [0.25, 0.3) is 0 Å². The van der Waals surface area contributed by atoms with Crippen LogP contribution in [0.25, 0.3) is 0 Å². The predicted molar refractivity (Wildman–Crippen MR) is 58.3 cm³/mol. The Bertz CT molecular complexity index is 354. The first-order valence-corrected chi connectivity index (χ1v) is 5.50. The minimum Gasteiger partial charge on any atom is -0.399 e. The van der Waals surface area contributed by atoms with Crippen LogP contribution in [0.1, 0.15) is 5.56 Å². The minimum absolute atomic E-state index is 0.0235. The summed E-state index contributed by atoms with van der Waals surface area (Å²) in [4.78, 5) is 0.872. The van der Waals surface area contributed by atoms with E-state index in [-0.39, 0.29) is 5.94 Å². The van der Waals surface area contributed by atoms with E-state index in [1.54, 1.807) is 18.2 Å². The number of ether oxygens (including phenoxy) is 1. The molecule has 0 aliphatic rings. The monoisotopic (exact) mass is 251 g/mol. The molecule has 0 unspecified atom stereocenters. The van der Waals surface area contributed by atoms with Gasteiger partial charge in [-0.15, -0.1) is 0 Å². The number of nitrogen functional groups attached to an aromatic ring is 1. The molecule has 0 aliphatic carbocycles. The first kappa shape index (κ1) is 13.2. The Labute approximate surface area is 96.0 Å². The number of thioether (sulfide) groups is 1. The lowest BCUT2D eigenvalue weighted by Crippen LogP contribution is -2.16. The molecule has 0 radical (unpaired) electrons. The Balaban J connectivity index is 2.38. The van der Waals surface area contributed by atoms with E-state index in [0.29, 0.717) is 5.69 Å². The second-order valence-corrected chi connectivity index (χ2v) is 4.21. The summed E-state index contributed by atoms with van der Waals surface area (Å²) in [6.07, 6.45) is -4.27. The highest BCUT2D eigenvalue weighted by Gasteiger charge is 2.27. The third-order valence-corrected chi connectivity index (χ3v) is 2.82. The molecule has 0 fully saturated rings. The molecular weight excluding hydrogens is 239 g/mol. The molecule has 90 valence electrons. The van der Waals surface area contributed by atoms with Crippen molar-refractivity contribution in [3.8, 4) is 0 Å². The van der Waals surface area contributed by atoms with Crippen molar-refractivity contribution in [1.82, 2.24) is 0 Å². The van der Waals surface area contributed by atoms with Crippen molar-refractivity contribution in [2.75, 3.05) is 18.3 Å². The average molecular weight is 251 g/mol. The van der Waals surface area contributed by atoms with Crippen molar-refractivity contribution in [1.29, 1.82) is 0 Å². The van der Waals surface area contributed by atoms with Gasteiger partial charge in [0, 0.05) is 10.6 Å². The molecule has 0 aromatic heterocycles. The lowest BCUT2D eigenvalue weighted by atomic mass is 10.2. The van der Waals surface area contributed by atoms with Crippen molar-refractivity contribution in [3.05, 3.63) is 23.8 Å². The number of hydrogen-bond acceptors (Lipinski definition) is 3. The van der Waals surface area contributed by atoms with Gasteiger partial charge in [0.1, 0.15) is 6.61 Å². The van der Waals surface area contributed by atoms with E-state index >= 15 is 0 Å². The fourth-order valence-corrected chi connectivity index (χ4v) is 1.84. The van der Waals surface area contributed by atoms with Crippen LogP contribution in [0.15, 0.2) is 23.1 Å². The van der Waals surface area contributed by atoms with Gasteiger partial charge in [-0.1, -0.05) is 11.8 Å². The van der Waals surface area contributed by atoms with E-state index in [9.17, 15) is 13.2 Å². The number of benzene rings is 1. The molecule has 0 aliphatic heterocycles. The smallest absolute Gasteiger partial charge is 0.399 e. The highest BCUT2D eigenvalue weighted by Crippen LogP contribution is 2.25. The molecule has 2 N–H and O–H groups in total. The molecule has 0 spiro atoms. The van der Waals surface area contributed by atoms with E-state index in [1.807, 2.05) is 6.92 Å². The first-order valence-electron chi connectivity index (χ1n) is 4.52. The number of alkyl halides is 3. The Morgan fingerprint density at radius 3 is 2.62 bits per heavy atom. The standard InChI is InChI=1S/C10H12F3NOS/c1-7-4-8(14)2-3-9(7)16-6-15-5-10(11,12)13/h2-4H,5-6,14H2,1H3. The van der Waals surface area contributed by atoms with Gasteiger partial charge in [0.15, 0.2) is 0 Å². The zero-order valence-electron chi connectivity index (χ0n) is 8.67. The molecule has 0 amide bonds. The Morgan fingerprint density at radius 1 is 1.38 bits per heavy atom. The average Bonchev–Trinajstić information content (AvgIpc) is 2.13. The molecule has 2 nitrogen and oxygen atoms in total. The molecule has 1 aromatic carbocycles. The number of halogens is 3. The van der Waals surface area contributed by atoms with Crippen molar-refractivity contribution >= 4 is 17.4 Å². The van der Waals surface area contributed by atoms with Gasteiger partial charge in [-0.05, 0) is 30.7 Å². The minimum atomic E-state index is -4.27. The molecule has 1 rings (SSSR count). The maximum Gasteiger partial charge on any atom is 0.411 e. The zero-order valence-corrected chi connectivity index (χ0v) is 9.49. The van der Waals surface area contributed by atoms with Crippen LogP contribution in [-0.4, -0.2) is 18.7 Å². The summed E-state index contributed by atoms with van der Waals surface area (Å²) in [6.45, 7) is 0.635. The van der Waals surface area contributed by atoms with Crippen molar-refractivity contribution in [2.24, 2.45) is 0 Å². The normalized spacial score (nSPS) is 11.8. The van der Waals surface area contributed by atoms with E-state index < -0.39 is 12.8 Å². The summed E-state index contributed by atoms with van der Waals surface area (Å²) in [5.74, 6) is -0.0235. The first-order chi connectivity index (χ1) is 7.38. The van der Waals surface area contributed by atoms with Gasteiger partial charge in [-0.25, -0.2) is 0 Å². The van der Waals surface area contributed by atoms with Gasteiger partial charge in [-0.3, -0.25) is 0 Å². The second-order valence-electron chi connectivity index (χ2n) is 3.25. The molecule has 1 aromatic rings. The van der Waals surface area contributed by atoms with Crippen LogP contribution < -0.4 is 5.73 Å². The summed E-state index contributed by atoms with van der Waals surface area (Å²) >= 11 is 1.22. The van der Waals surface area contributed by atoms with Crippen LogP contribution in [0.4, 0.5) is 18.9 Å². The molecule has 6 heteroatoms. The molecule has 16 heavy (non-hydrogen) atoms. The number of anilines is 1. The van der Waals surface area contributed by atoms with E-state index in [0.717, 1.165) is 10.5 Å². The number of hydrogen-bond donors (Lipinski definition) is 1. The highest BCUT2D eigenvalue weighted by atomic mass is 32.2. The van der Waals surface area contributed by atoms with Gasteiger partial charge >= 0.3 is 6.18 Å². The molecule has 0 heterocycles. The maximum atomic E-state index is 11.8. The summed E-state index contributed by atoms with van der Waals surface area (Å²) in [7, 11) is 0. The van der Waals surface area contributed by atoms with Gasteiger partial charge in [0.2, 0.25) is 0 Å². The molecule has 0 atom stereocenters. The highest BCUT2D eigenvalue weighted by molar-refractivity contribution is 7.99. The summed E-state index contributed by atoms with van der Waals surface area (Å²) < 4.78 is 39.8. The molecule has 0 saturated carbocycles. The van der Waals surface area contributed by atoms with E-state index in [2.05, 4.69) is 4.74 Å². The summed E-state index contributed by atoms with van der Waals surface area (Å²) in [5.41, 5.74) is 7.12. The van der Waals surface area contributed by atoms with E-state index in [1.165, 1.54) is 11.8 Å². The maximum absolute atomic E-state index is 11.8. The van der Waals surface area contributed by atoms with Crippen LogP contribution in [0.2, 0.25) is 0 Å². The second kappa shape index (κ2) is 5.45. The Morgan fingerprint density at radius 2 is 2.06 bits per heavy atom. The third kappa shape index (κ3) is 4.76. The van der Waals surface area contributed by atoms with Crippen molar-refractivity contribution < 1.29 is 17.9 Å². The Kier molecular flexibility index (Phi) is 4.49. The molecule has 0 saturated heterocycles. The van der Waals surface area contributed by atoms with Gasteiger partial charge < -0.3 is 10.5 Å². The summed E-state index contributed by atoms with van der Waals surface area (Å²) in [5, 5.41) is 0. The van der Waals surface area contributed by atoms with Crippen LogP contribution in [0, 0.1) is 6.92 Å². The molecular formula is C10H12F3NOS. The third-order valence-electron chi connectivity index (χ3n) is 1.76. The summed E-state index contributed by atoms with van der Waals surface area (Å²) in [6, 6.07) is 5.25. The van der Waals surface area contributed by atoms with Gasteiger partial charge in [0.05, 0.1) is 5.94 Å². The van der Waals surface area contributed by atoms with Crippen LogP contribution in [0.5, 0.6) is 0 Å². The van der Waals surface area contributed by atoms with Gasteiger partial charge in [-0.2, -0.15) is 13.2 Å². The molecule has 0 bridgehead atoms. The van der Waals surface area contributed by atoms with Crippen molar-refractivity contribution in [3.63, 3.8) is 0 Å². The predicted octanol–water partition coefficient (Wildman–Crippen LogP) is 3.21. The lowest BCUT2D eigenvalue weighted by molar-refractivity contribution is -0.168. The lowest BCUT2D eigenvalue weighted by Gasteiger charge is -2.09. The number of rotatable bonds is 4. The topological polar surface area (TPSA) is 35.2 Å². The Hall–Kier alpha value is -0.880. The van der Waals surface area contributed by atoms with Crippen LogP contribution in [0.3, 0.4) is 0 Å². The fourth-order valence-electron chi connectivity index (χ4n) is 1.10. The van der Waals surface area contributed by atoms with Crippen LogP contribution >= 0.6 is 11.8 Å². The largest absolute Gasteiger partial charge is 0.411 e. The number of nitrogens with two attached hydrogens (primary N) is 1. The number of aryl methyl sites for hydroxylation is 1. The van der Waals surface area contributed by atoms with Crippen LogP contribution in [-0.2, 0) is 4.74 Å². The zero-order chi connectivity index (χ0) is 12.2. The van der Waals surface area contributed by atoms with E-state index in [4.69, 9.17) is 5.73 Å². The quantitative estimate of drug-likeness (QED) is 0.386.